The number of carbonyl (C=O) groups excluding carboxylic acids is 1. The Labute approximate surface area is 164 Å². The van der Waals surface area contributed by atoms with E-state index in [1.165, 1.54) is 7.11 Å². The Bertz CT molecular complexity index is 1280. The molecule has 0 aliphatic heterocycles. The molecule has 2 aromatic heterocycles. The lowest BCUT2D eigenvalue weighted by atomic mass is 10.2. The fraction of sp³-hybridized carbons (Fsp3) is 0.150. The van der Waals surface area contributed by atoms with Crippen LogP contribution in [0, 0.1) is 6.92 Å². The van der Waals surface area contributed by atoms with Gasteiger partial charge in [0.1, 0.15) is 17.8 Å². The first-order valence-electron chi connectivity index (χ1n) is 8.58. The number of aryl methyl sites for hydroxylation is 1. The van der Waals surface area contributed by atoms with Crippen molar-refractivity contribution in [1.82, 2.24) is 14.8 Å². The maximum absolute atomic E-state index is 12.8. The minimum Gasteiger partial charge on any atom is -0.495 e. The van der Waals surface area contributed by atoms with Crippen LogP contribution in [0.5, 0.6) is 5.75 Å². The highest BCUT2D eigenvalue weighted by atomic mass is 35.5. The summed E-state index contributed by atoms with van der Waals surface area (Å²) in [5.74, 6) is 0.0420. The fourth-order valence-corrected chi connectivity index (χ4v) is 3.30. The normalized spacial score (nSPS) is 11.1. The van der Waals surface area contributed by atoms with Gasteiger partial charge in [0.05, 0.1) is 19.0 Å². The molecule has 4 rings (SSSR count). The van der Waals surface area contributed by atoms with Crippen LogP contribution in [0.1, 0.15) is 5.56 Å². The van der Waals surface area contributed by atoms with Crippen molar-refractivity contribution in [1.29, 1.82) is 0 Å². The Kier molecular flexibility index (Phi) is 4.52. The molecule has 2 N–H and O–H groups in total. The molecule has 0 spiro atoms. The molecule has 0 saturated carbocycles. The van der Waals surface area contributed by atoms with Gasteiger partial charge in [0.25, 0.3) is 5.56 Å². The number of H-pyrrole nitrogens is 1. The van der Waals surface area contributed by atoms with Crippen molar-refractivity contribution in [3.05, 3.63) is 63.5 Å². The number of para-hydroxylation sites is 1. The third-order valence-corrected chi connectivity index (χ3v) is 4.98. The van der Waals surface area contributed by atoms with E-state index in [2.05, 4.69) is 15.4 Å². The van der Waals surface area contributed by atoms with Crippen LogP contribution in [0.2, 0.25) is 5.02 Å². The summed E-state index contributed by atoms with van der Waals surface area (Å²) < 4.78 is 6.39. The van der Waals surface area contributed by atoms with E-state index in [4.69, 9.17) is 16.3 Å². The highest BCUT2D eigenvalue weighted by Gasteiger charge is 2.14. The largest absolute Gasteiger partial charge is 0.495 e. The van der Waals surface area contributed by atoms with Gasteiger partial charge in [-0.2, -0.15) is 5.10 Å². The van der Waals surface area contributed by atoms with Crippen molar-refractivity contribution in [2.75, 3.05) is 12.4 Å². The van der Waals surface area contributed by atoms with Crippen LogP contribution in [0.15, 0.2) is 47.4 Å². The highest BCUT2D eigenvalue weighted by Crippen LogP contribution is 2.31. The molecule has 2 aromatic carbocycles. The van der Waals surface area contributed by atoms with Crippen LogP contribution in [-0.4, -0.2) is 27.8 Å². The SMILES string of the molecule is COc1cc(Cl)c(C)cc1NC(=O)Cn1ncc2c([nH]c3ccccc32)c1=O. The zero-order valence-corrected chi connectivity index (χ0v) is 16.0. The van der Waals surface area contributed by atoms with E-state index in [0.29, 0.717) is 22.0 Å². The van der Waals surface area contributed by atoms with Crippen LogP contribution in [0.25, 0.3) is 21.8 Å². The number of hydrogen-bond acceptors (Lipinski definition) is 4. The first-order chi connectivity index (χ1) is 13.5. The Morgan fingerprint density at radius 1 is 1.29 bits per heavy atom. The number of amides is 1. The number of anilines is 1. The number of rotatable bonds is 4. The Balaban J connectivity index is 1.64. The maximum Gasteiger partial charge on any atom is 0.291 e. The molecule has 4 aromatic rings. The molecular formula is C20H17ClN4O3. The minimum atomic E-state index is -0.398. The summed E-state index contributed by atoms with van der Waals surface area (Å²) in [6, 6.07) is 10.9. The number of benzene rings is 2. The predicted octanol–water partition coefficient (Wildman–Crippen LogP) is 3.49. The number of carbonyl (C=O) groups is 1. The number of methoxy groups -OCH3 is 1. The van der Waals surface area contributed by atoms with E-state index < -0.39 is 5.91 Å². The number of aromatic amines is 1. The Morgan fingerprint density at radius 3 is 2.86 bits per heavy atom. The quantitative estimate of drug-likeness (QED) is 0.552. The van der Waals surface area contributed by atoms with Gasteiger partial charge >= 0.3 is 0 Å². The molecule has 8 heteroatoms. The molecule has 1 amide bonds. The molecule has 0 aliphatic carbocycles. The molecule has 0 aliphatic rings. The summed E-state index contributed by atoms with van der Waals surface area (Å²) >= 11 is 6.09. The average molecular weight is 397 g/mol. The molecular weight excluding hydrogens is 380 g/mol. The predicted molar refractivity (Wildman–Crippen MR) is 109 cm³/mol. The average Bonchev–Trinajstić information content (AvgIpc) is 3.06. The van der Waals surface area contributed by atoms with E-state index in [9.17, 15) is 9.59 Å². The van der Waals surface area contributed by atoms with Gasteiger partial charge in [-0.1, -0.05) is 29.8 Å². The third-order valence-electron chi connectivity index (χ3n) is 4.57. The second-order valence-corrected chi connectivity index (χ2v) is 6.82. The van der Waals surface area contributed by atoms with E-state index in [0.717, 1.165) is 26.5 Å². The third kappa shape index (κ3) is 3.10. The lowest BCUT2D eigenvalue weighted by Gasteiger charge is -2.12. The first kappa shape index (κ1) is 18.1. The molecule has 142 valence electrons. The monoisotopic (exact) mass is 396 g/mol. The summed E-state index contributed by atoms with van der Waals surface area (Å²) in [5.41, 5.74) is 2.19. The number of hydrogen-bond donors (Lipinski definition) is 2. The summed E-state index contributed by atoms with van der Waals surface area (Å²) in [5, 5.41) is 9.09. The zero-order chi connectivity index (χ0) is 19.8. The number of fused-ring (bicyclic) bond motifs is 3. The van der Waals surface area contributed by atoms with Gasteiger partial charge in [-0.05, 0) is 24.6 Å². The summed E-state index contributed by atoms with van der Waals surface area (Å²) in [4.78, 5) is 28.4. The van der Waals surface area contributed by atoms with Crippen molar-refractivity contribution in [2.45, 2.75) is 13.5 Å². The minimum absolute atomic E-state index is 0.227. The van der Waals surface area contributed by atoms with Crippen LogP contribution >= 0.6 is 11.6 Å². The fourth-order valence-electron chi connectivity index (χ4n) is 3.14. The molecule has 28 heavy (non-hydrogen) atoms. The van der Waals surface area contributed by atoms with Crippen molar-refractivity contribution in [3.8, 4) is 5.75 Å². The van der Waals surface area contributed by atoms with Gasteiger partial charge in [0.15, 0.2) is 0 Å². The number of nitrogens with zero attached hydrogens (tertiary/aromatic N) is 2. The Morgan fingerprint density at radius 2 is 2.07 bits per heavy atom. The zero-order valence-electron chi connectivity index (χ0n) is 15.2. The van der Waals surface area contributed by atoms with Crippen molar-refractivity contribution < 1.29 is 9.53 Å². The molecule has 0 unspecified atom stereocenters. The summed E-state index contributed by atoms with van der Waals surface area (Å²) in [6.07, 6.45) is 1.59. The van der Waals surface area contributed by atoms with Crippen LogP contribution in [-0.2, 0) is 11.3 Å². The maximum atomic E-state index is 12.8. The second-order valence-electron chi connectivity index (χ2n) is 6.42. The summed E-state index contributed by atoms with van der Waals surface area (Å²) in [6.45, 7) is 1.60. The van der Waals surface area contributed by atoms with E-state index >= 15 is 0 Å². The van der Waals surface area contributed by atoms with Crippen molar-refractivity contribution in [3.63, 3.8) is 0 Å². The van der Waals surface area contributed by atoms with Gasteiger partial charge < -0.3 is 15.0 Å². The van der Waals surface area contributed by atoms with Gasteiger partial charge in [-0.25, -0.2) is 4.68 Å². The smallest absolute Gasteiger partial charge is 0.291 e. The van der Waals surface area contributed by atoms with Crippen LogP contribution in [0.3, 0.4) is 0 Å². The van der Waals surface area contributed by atoms with Gasteiger partial charge in [-0.3, -0.25) is 9.59 Å². The first-order valence-corrected chi connectivity index (χ1v) is 8.96. The molecule has 0 fully saturated rings. The number of aromatic nitrogens is 3. The van der Waals surface area contributed by atoms with E-state index in [1.807, 2.05) is 31.2 Å². The lowest BCUT2D eigenvalue weighted by molar-refractivity contribution is -0.117. The van der Waals surface area contributed by atoms with Gasteiger partial charge in [0, 0.05) is 27.4 Å². The lowest BCUT2D eigenvalue weighted by Crippen LogP contribution is -2.29. The molecule has 0 saturated heterocycles. The van der Waals surface area contributed by atoms with E-state index in [-0.39, 0.29) is 12.1 Å². The van der Waals surface area contributed by atoms with Gasteiger partial charge in [-0.15, -0.1) is 0 Å². The van der Waals surface area contributed by atoms with Crippen LogP contribution < -0.4 is 15.6 Å². The number of nitrogens with one attached hydrogen (secondary N) is 2. The molecule has 0 bridgehead atoms. The van der Waals surface area contributed by atoms with Crippen LogP contribution in [0.4, 0.5) is 5.69 Å². The topological polar surface area (TPSA) is 89.0 Å². The molecule has 0 atom stereocenters. The highest BCUT2D eigenvalue weighted by molar-refractivity contribution is 6.31. The molecule has 0 radical (unpaired) electrons. The number of halogens is 1. The molecule has 2 heterocycles. The second kappa shape index (κ2) is 7.01. The van der Waals surface area contributed by atoms with Crippen molar-refractivity contribution in [2.24, 2.45) is 0 Å². The molecule has 7 nitrogen and oxygen atoms in total. The van der Waals surface area contributed by atoms with Gasteiger partial charge in [0.2, 0.25) is 5.91 Å². The van der Waals surface area contributed by atoms with Crippen molar-refractivity contribution >= 4 is 45.0 Å². The summed E-state index contributed by atoms with van der Waals surface area (Å²) in [7, 11) is 1.49. The van der Waals surface area contributed by atoms with E-state index in [1.54, 1.807) is 18.3 Å². The Hall–Kier alpha value is -3.32. The number of ether oxygens (including phenoxy) is 1. The standard InChI is InChI=1S/C20H17ClN4O3/c1-11-7-16(17(28-2)8-14(11)21)23-18(26)10-25-20(27)19-13(9-22-25)12-5-3-4-6-15(12)24-19/h3-9,24H,10H2,1-2H3,(H,23,26).